The fraction of sp³-hybridized carbons (Fsp3) is 0.240. The maximum absolute atomic E-state index is 13.4. The fourth-order valence-corrected chi connectivity index (χ4v) is 5.84. The fourth-order valence-electron chi connectivity index (χ4n) is 3.40. The van der Waals surface area contributed by atoms with Crippen LogP contribution in [-0.2, 0) is 20.6 Å². The Morgan fingerprint density at radius 1 is 0.970 bits per heavy atom. The summed E-state index contributed by atoms with van der Waals surface area (Å²) in [6.45, 7) is 3.96. The molecule has 3 aromatic rings. The largest absolute Gasteiger partial charge is 0.354 e. The number of anilines is 1. The van der Waals surface area contributed by atoms with Gasteiger partial charge in [-0.25, -0.2) is 8.42 Å². The lowest BCUT2D eigenvalue weighted by molar-refractivity contribution is -0.119. The molecule has 0 aromatic heterocycles. The molecule has 0 spiro atoms. The molecule has 0 fully saturated rings. The van der Waals surface area contributed by atoms with E-state index in [1.807, 2.05) is 44.2 Å². The predicted molar refractivity (Wildman–Crippen MR) is 138 cm³/mol. The Hall–Kier alpha value is -2.48. The van der Waals surface area contributed by atoms with E-state index in [-0.39, 0.29) is 17.3 Å². The van der Waals surface area contributed by atoms with Gasteiger partial charge in [0.2, 0.25) is 5.91 Å². The number of nitrogens with zero attached hydrogens (tertiary/aromatic N) is 1. The van der Waals surface area contributed by atoms with E-state index < -0.39 is 10.0 Å². The number of carbonyl (C=O) groups excluding carboxylic acids is 1. The van der Waals surface area contributed by atoms with E-state index in [1.54, 1.807) is 42.1 Å². The van der Waals surface area contributed by atoms with E-state index in [1.165, 1.54) is 16.4 Å². The second-order valence-electron chi connectivity index (χ2n) is 7.70. The number of halogens is 1. The lowest BCUT2D eigenvalue weighted by Crippen LogP contribution is -2.41. The van der Waals surface area contributed by atoms with E-state index in [4.69, 9.17) is 11.6 Å². The summed E-state index contributed by atoms with van der Waals surface area (Å²) in [5.74, 6) is 1.14. The van der Waals surface area contributed by atoms with Gasteiger partial charge in [0.15, 0.2) is 0 Å². The summed E-state index contributed by atoms with van der Waals surface area (Å²) < 4.78 is 27.9. The first kappa shape index (κ1) is 25.1. The number of hydrogen-bond donors (Lipinski definition) is 1. The van der Waals surface area contributed by atoms with E-state index in [0.717, 1.165) is 22.4 Å². The van der Waals surface area contributed by atoms with Crippen molar-refractivity contribution in [3.63, 3.8) is 0 Å². The third-order valence-electron chi connectivity index (χ3n) is 4.84. The van der Waals surface area contributed by atoms with Gasteiger partial charge >= 0.3 is 0 Å². The zero-order valence-electron chi connectivity index (χ0n) is 18.6. The number of amides is 1. The van der Waals surface area contributed by atoms with E-state index in [0.29, 0.717) is 23.0 Å². The molecule has 174 valence electrons. The molecule has 0 atom stereocenters. The number of hydrogen-bond acceptors (Lipinski definition) is 4. The van der Waals surface area contributed by atoms with Crippen molar-refractivity contribution in [2.24, 2.45) is 0 Å². The van der Waals surface area contributed by atoms with Crippen molar-refractivity contribution >= 4 is 45.0 Å². The smallest absolute Gasteiger partial charge is 0.264 e. The molecule has 0 saturated carbocycles. The van der Waals surface area contributed by atoms with Gasteiger partial charge in [0.05, 0.1) is 10.6 Å². The Kier molecular flexibility index (Phi) is 8.83. The third kappa shape index (κ3) is 7.25. The number of carbonyl (C=O) groups is 1. The summed E-state index contributed by atoms with van der Waals surface area (Å²) in [6.07, 6.45) is 0. The Bertz CT molecular complexity index is 1180. The monoisotopic (exact) mass is 502 g/mol. The van der Waals surface area contributed by atoms with Crippen LogP contribution in [0.25, 0.3) is 0 Å². The van der Waals surface area contributed by atoms with Gasteiger partial charge in [0.1, 0.15) is 6.54 Å². The minimum Gasteiger partial charge on any atom is -0.354 e. The van der Waals surface area contributed by atoms with Gasteiger partial charge in [-0.05, 0) is 66.9 Å². The van der Waals surface area contributed by atoms with Crippen molar-refractivity contribution in [2.45, 2.75) is 24.5 Å². The summed E-state index contributed by atoms with van der Waals surface area (Å²) in [6, 6.07) is 21.4. The van der Waals surface area contributed by atoms with Crippen LogP contribution in [0.4, 0.5) is 5.69 Å². The van der Waals surface area contributed by atoms with Crippen molar-refractivity contribution in [1.29, 1.82) is 0 Å². The van der Waals surface area contributed by atoms with Crippen LogP contribution in [-0.4, -0.2) is 33.2 Å². The summed E-state index contributed by atoms with van der Waals surface area (Å²) in [4.78, 5) is 12.9. The van der Waals surface area contributed by atoms with Gasteiger partial charge in [-0.1, -0.05) is 48.0 Å². The average Bonchev–Trinajstić information content (AvgIpc) is 2.77. The van der Waals surface area contributed by atoms with Gasteiger partial charge in [-0.2, -0.15) is 11.8 Å². The molecule has 0 bridgehead atoms. The molecule has 0 radical (unpaired) electrons. The van der Waals surface area contributed by atoms with Gasteiger partial charge in [0.25, 0.3) is 10.0 Å². The number of sulfonamides is 1. The van der Waals surface area contributed by atoms with Crippen LogP contribution in [0.5, 0.6) is 0 Å². The first-order valence-corrected chi connectivity index (χ1v) is 13.5. The maximum atomic E-state index is 13.4. The van der Waals surface area contributed by atoms with Crippen LogP contribution >= 0.6 is 23.4 Å². The zero-order valence-corrected chi connectivity index (χ0v) is 21.0. The average molecular weight is 503 g/mol. The van der Waals surface area contributed by atoms with Crippen LogP contribution < -0.4 is 9.62 Å². The summed E-state index contributed by atoms with van der Waals surface area (Å²) in [5.41, 5.74) is 3.45. The van der Waals surface area contributed by atoms with E-state index in [2.05, 4.69) is 5.32 Å². The topological polar surface area (TPSA) is 66.5 Å². The van der Waals surface area contributed by atoms with Crippen molar-refractivity contribution in [1.82, 2.24) is 5.32 Å². The maximum Gasteiger partial charge on any atom is 0.264 e. The Labute approximate surface area is 205 Å². The molecular formula is C25H27ClN2O3S2. The van der Waals surface area contributed by atoms with Crippen LogP contribution in [0.3, 0.4) is 0 Å². The number of benzene rings is 3. The SMILES string of the molecule is Cc1cc(C)cc(N(CC(=O)NCCSCc2cccc(Cl)c2)S(=O)(=O)c2ccccc2)c1. The molecule has 0 aliphatic rings. The van der Waals surface area contributed by atoms with Gasteiger partial charge in [0, 0.05) is 23.1 Å². The van der Waals surface area contributed by atoms with E-state index >= 15 is 0 Å². The standard InChI is InChI=1S/C25H27ClN2O3S2/c1-19-13-20(2)15-23(14-19)28(33(30,31)24-9-4-3-5-10-24)17-25(29)27-11-12-32-18-21-7-6-8-22(26)16-21/h3-10,13-16H,11-12,17-18H2,1-2H3,(H,27,29). The molecule has 1 N–H and O–H groups in total. The van der Waals surface area contributed by atoms with E-state index in [9.17, 15) is 13.2 Å². The Morgan fingerprint density at radius 2 is 1.67 bits per heavy atom. The summed E-state index contributed by atoms with van der Waals surface area (Å²) in [7, 11) is -3.90. The van der Waals surface area contributed by atoms with Crippen LogP contribution in [0, 0.1) is 13.8 Å². The molecule has 8 heteroatoms. The molecule has 33 heavy (non-hydrogen) atoms. The minimum absolute atomic E-state index is 0.147. The van der Waals surface area contributed by atoms with Gasteiger partial charge in [-0.3, -0.25) is 9.10 Å². The van der Waals surface area contributed by atoms with Gasteiger partial charge < -0.3 is 5.32 Å². The highest BCUT2D eigenvalue weighted by Gasteiger charge is 2.27. The molecule has 1 amide bonds. The number of rotatable bonds is 10. The number of aryl methyl sites for hydroxylation is 2. The van der Waals surface area contributed by atoms with Gasteiger partial charge in [-0.15, -0.1) is 0 Å². The van der Waals surface area contributed by atoms with Crippen molar-refractivity contribution in [3.8, 4) is 0 Å². The molecule has 3 aromatic carbocycles. The third-order valence-corrected chi connectivity index (χ3v) is 7.89. The van der Waals surface area contributed by atoms with Crippen LogP contribution in [0.2, 0.25) is 5.02 Å². The second kappa shape index (κ2) is 11.6. The molecule has 0 aliphatic heterocycles. The molecule has 5 nitrogen and oxygen atoms in total. The predicted octanol–water partition coefficient (Wildman–Crippen LogP) is 5.20. The molecule has 0 aliphatic carbocycles. The summed E-state index contributed by atoms with van der Waals surface area (Å²) in [5, 5.41) is 3.54. The first-order valence-electron chi connectivity index (χ1n) is 10.5. The highest BCUT2D eigenvalue weighted by atomic mass is 35.5. The molecule has 3 rings (SSSR count). The lowest BCUT2D eigenvalue weighted by Gasteiger charge is -2.25. The lowest BCUT2D eigenvalue weighted by atomic mass is 10.1. The van der Waals surface area contributed by atoms with Crippen molar-refractivity contribution in [3.05, 3.63) is 94.5 Å². The van der Waals surface area contributed by atoms with Crippen molar-refractivity contribution < 1.29 is 13.2 Å². The van der Waals surface area contributed by atoms with Crippen molar-refractivity contribution in [2.75, 3.05) is 23.1 Å². The molecule has 0 heterocycles. The number of nitrogens with one attached hydrogen (secondary N) is 1. The molecule has 0 saturated heterocycles. The molecule has 0 unspecified atom stereocenters. The second-order valence-corrected chi connectivity index (χ2v) is 11.1. The zero-order chi connectivity index (χ0) is 23.8. The highest BCUT2D eigenvalue weighted by molar-refractivity contribution is 7.98. The Balaban J connectivity index is 1.66. The van der Waals surface area contributed by atoms with Crippen LogP contribution in [0.1, 0.15) is 16.7 Å². The first-order chi connectivity index (χ1) is 15.8. The molecular weight excluding hydrogens is 476 g/mol. The quantitative estimate of drug-likeness (QED) is 0.387. The summed E-state index contributed by atoms with van der Waals surface area (Å²) >= 11 is 7.68. The van der Waals surface area contributed by atoms with Crippen LogP contribution in [0.15, 0.2) is 77.7 Å². The normalized spacial score (nSPS) is 11.2. The number of thioether (sulfide) groups is 1. The minimum atomic E-state index is -3.90. The highest BCUT2D eigenvalue weighted by Crippen LogP contribution is 2.25. The Morgan fingerprint density at radius 3 is 2.33 bits per heavy atom.